The quantitative estimate of drug-likeness (QED) is 0.618. The Kier molecular flexibility index (Phi) is 3.65. The Morgan fingerprint density at radius 2 is 1.96 bits per heavy atom. The van der Waals surface area contributed by atoms with Crippen molar-refractivity contribution in [1.82, 2.24) is 15.5 Å². The highest BCUT2D eigenvalue weighted by molar-refractivity contribution is 6.05. The van der Waals surface area contributed by atoms with Crippen LogP contribution >= 0.6 is 0 Å². The number of ether oxygens (including phenoxy) is 1. The van der Waals surface area contributed by atoms with Gasteiger partial charge in [0.1, 0.15) is 17.4 Å². The molecule has 142 valence electrons. The molecule has 1 spiro atoms. The Morgan fingerprint density at radius 3 is 2.74 bits per heavy atom. The van der Waals surface area contributed by atoms with E-state index in [1.54, 1.807) is 4.90 Å². The zero-order valence-corrected chi connectivity index (χ0v) is 15.0. The van der Waals surface area contributed by atoms with E-state index in [4.69, 9.17) is 4.74 Å². The maximum Gasteiger partial charge on any atom is 0.255 e. The molecule has 1 aromatic carbocycles. The van der Waals surface area contributed by atoms with E-state index in [9.17, 15) is 14.4 Å². The number of hydrogen-bond acceptors (Lipinski definition) is 6. The molecule has 8 heteroatoms. The van der Waals surface area contributed by atoms with Crippen LogP contribution in [0.25, 0.3) is 0 Å². The standard InChI is InChI=1S/C19H22N4O4/c24-16-2-1-14(17(25)22-16)23-9-11-7-13-15(8-12(11)18(23)26)27-19(10-21-13)3-5-20-6-4-19/h7-8,14,20-21H,1-6,9-10H2,(H,22,24,25)/t14-/m0/s1. The van der Waals surface area contributed by atoms with Crippen LogP contribution in [0.1, 0.15) is 41.6 Å². The molecular weight excluding hydrogens is 348 g/mol. The van der Waals surface area contributed by atoms with E-state index in [1.807, 2.05) is 12.1 Å². The fraction of sp³-hybridized carbons (Fsp3) is 0.526. The van der Waals surface area contributed by atoms with Gasteiger partial charge in [0, 0.05) is 31.4 Å². The van der Waals surface area contributed by atoms with Gasteiger partial charge in [0.05, 0.1) is 12.2 Å². The maximum atomic E-state index is 13.0. The normalized spacial score (nSPS) is 26.1. The lowest BCUT2D eigenvalue weighted by Gasteiger charge is -2.42. The lowest BCUT2D eigenvalue weighted by Crippen LogP contribution is -2.52. The molecular formula is C19H22N4O4. The second kappa shape index (κ2) is 5.95. The van der Waals surface area contributed by atoms with Gasteiger partial charge < -0.3 is 20.3 Å². The second-order valence-electron chi connectivity index (χ2n) is 7.79. The number of hydrogen-bond donors (Lipinski definition) is 3. The molecule has 0 radical (unpaired) electrons. The van der Waals surface area contributed by atoms with Crippen molar-refractivity contribution in [2.45, 2.75) is 43.9 Å². The van der Waals surface area contributed by atoms with Crippen molar-refractivity contribution < 1.29 is 19.1 Å². The van der Waals surface area contributed by atoms with Gasteiger partial charge in [-0.1, -0.05) is 0 Å². The maximum absolute atomic E-state index is 13.0. The number of nitrogens with one attached hydrogen (secondary N) is 3. The fourth-order valence-electron chi connectivity index (χ4n) is 4.51. The van der Waals surface area contributed by atoms with Crippen molar-refractivity contribution in [2.75, 3.05) is 25.0 Å². The van der Waals surface area contributed by atoms with Gasteiger partial charge in [0.2, 0.25) is 11.8 Å². The van der Waals surface area contributed by atoms with Crippen molar-refractivity contribution in [3.8, 4) is 5.75 Å². The van der Waals surface area contributed by atoms with Crippen molar-refractivity contribution in [3.63, 3.8) is 0 Å². The zero-order chi connectivity index (χ0) is 18.6. The molecule has 1 aromatic rings. The number of piperidine rings is 2. The van der Waals surface area contributed by atoms with Gasteiger partial charge in [0.15, 0.2) is 0 Å². The first-order chi connectivity index (χ1) is 13.0. The molecule has 0 unspecified atom stereocenters. The summed E-state index contributed by atoms with van der Waals surface area (Å²) in [6, 6.07) is 3.18. The Morgan fingerprint density at radius 1 is 1.15 bits per heavy atom. The molecule has 4 aliphatic heterocycles. The van der Waals surface area contributed by atoms with Crippen LogP contribution in [0, 0.1) is 0 Å². The van der Waals surface area contributed by atoms with E-state index < -0.39 is 6.04 Å². The first kappa shape index (κ1) is 16.6. The monoisotopic (exact) mass is 370 g/mol. The first-order valence-corrected chi connectivity index (χ1v) is 9.50. The Labute approximate surface area is 156 Å². The smallest absolute Gasteiger partial charge is 0.255 e. The average molecular weight is 370 g/mol. The summed E-state index contributed by atoms with van der Waals surface area (Å²) in [5, 5.41) is 9.15. The minimum Gasteiger partial charge on any atom is -0.483 e. The number of carbonyl (C=O) groups is 3. The van der Waals surface area contributed by atoms with E-state index in [0.717, 1.165) is 43.7 Å². The Bertz CT molecular complexity index is 846. The van der Waals surface area contributed by atoms with E-state index in [0.29, 0.717) is 24.3 Å². The molecule has 0 saturated carbocycles. The number of nitrogens with zero attached hydrogens (tertiary/aromatic N) is 1. The van der Waals surface area contributed by atoms with Crippen LogP contribution in [-0.4, -0.2) is 53.9 Å². The molecule has 2 fully saturated rings. The van der Waals surface area contributed by atoms with E-state index in [-0.39, 0.29) is 29.7 Å². The highest BCUT2D eigenvalue weighted by Gasteiger charge is 2.42. The predicted molar refractivity (Wildman–Crippen MR) is 96.4 cm³/mol. The number of fused-ring (bicyclic) bond motifs is 2. The third kappa shape index (κ3) is 2.66. The van der Waals surface area contributed by atoms with Gasteiger partial charge in [0.25, 0.3) is 5.91 Å². The van der Waals surface area contributed by atoms with Gasteiger partial charge in [-0.25, -0.2) is 0 Å². The van der Waals surface area contributed by atoms with Crippen LogP contribution < -0.4 is 20.7 Å². The number of carbonyl (C=O) groups excluding carboxylic acids is 3. The number of benzene rings is 1. The van der Waals surface area contributed by atoms with Crippen LogP contribution in [0.4, 0.5) is 5.69 Å². The molecule has 5 rings (SSSR count). The third-order valence-corrected chi connectivity index (χ3v) is 6.07. The molecule has 4 aliphatic rings. The largest absolute Gasteiger partial charge is 0.483 e. The van der Waals surface area contributed by atoms with Gasteiger partial charge in [-0.3, -0.25) is 19.7 Å². The van der Waals surface area contributed by atoms with E-state index in [2.05, 4.69) is 16.0 Å². The highest BCUT2D eigenvalue weighted by Crippen LogP contribution is 2.41. The molecule has 1 atom stereocenters. The number of rotatable bonds is 1. The summed E-state index contributed by atoms with van der Waals surface area (Å²) in [5.74, 6) is -0.128. The third-order valence-electron chi connectivity index (χ3n) is 6.07. The topological polar surface area (TPSA) is 99.8 Å². The SMILES string of the molecule is O=C1CC[C@H](N2Cc3cc4c(cc3C2=O)OC2(CCNCC2)CN4)C(=O)N1. The van der Waals surface area contributed by atoms with Crippen LogP contribution in [0.15, 0.2) is 12.1 Å². The summed E-state index contributed by atoms with van der Waals surface area (Å²) in [6.07, 6.45) is 2.48. The lowest BCUT2D eigenvalue weighted by molar-refractivity contribution is -0.136. The summed E-state index contributed by atoms with van der Waals surface area (Å²) < 4.78 is 6.35. The molecule has 0 aliphatic carbocycles. The molecule has 27 heavy (non-hydrogen) atoms. The molecule has 3 N–H and O–H groups in total. The molecule has 4 heterocycles. The highest BCUT2D eigenvalue weighted by atomic mass is 16.5. The number of imide groups is 1. The van der Waals surface area contributed by atoms with Crippen molar-refractivity contribution in [2.24, 2.45) is 0 Å². The number of anilines is 1. The summed E-state index contributed by atoms with van der Waals surface area (Å²) in [5.41, 5.74) is 2.15. The van der Waals surface area contributed by atoms with Crippen molar-refractivity contribution in [3.05, 3.63) is 23.3 Å². The van der Waals surface area contributed by atoms with Gasteiger partial charge in [-0.15, -0.1) is 0 Å². The molecule has 3 amide bonds. The average Bonchev–Trinajstić information content (AvgIpc) is 2.96. The van der Waals surface area contributed by atoms with E-state index >= 15 is 0 Å². The molecule has 8 nitrogen and oxygen atoms in total. The molecule has 0 bridgehead atoms. The molecule has 0 aromatic heterocycles. The first-order valence-electron chi connectivity index (χ1n) is 9.50. The predicted octanol–water partition coefficient (Wildman–Crippen LogP) is 0.374. The summed E-state index contributed by atoms with van der Waals surface area (Å²) in [7, 11) is 0. The Hall–Kier alpha value is -2.61. The Balaban J connectivity index is 1.41. The zero-order valence-electron chi connectivity index (χ0n) is 15.0. The lowest BCUT2D eigenvalue weighted by atomic mass is 9.90. The van der Waals surface area contributed by atoms with Gasteiger partial charge in [-0.05, 0) is 37.2 Å². The van der Waals surface area contributed by atoms with Crippen molar-refractivity contribution in [1.29, 1.82) is 0 Å². The van der Waals surface area contributed by atoms with Crippen molar-refractivity contribution >= 4 is 23.4 Å². The summed E-state index contributed by atoms with van der Waals surface area (Å²) in [6.45, 7) is 2.98. The summed E-state index contributed by atoms with van der Waals surface area (Å²) >= 11 is 0. The van der Waals surface area contributed by atoms with Crippen LogP contribution in [0.5, 0.6) is 5.75 Å². The van der Waals surface area contributed by atoms with Crippen LogP contribution in [0.3, 0.4) is 0 Å². The van der Waals surface area contributed by atoms with Gasteiger partial charge in [-0.2, -0.15) is 0 Å². The fourth-order valence-corrected chi connectivity index (χ4v) is 4.51. The van der Waals surface area contributed by atoms with E-state index in [1.165, 1.54) is 0 Å². The summed E-state index contributed by atoms with van der Waals surface area (Å²) in [4.78, 5) is 38.1. The second-order valence-corrected chi connectivity index (χ2v) is 7.79. The van der Waals surface area contributed by atoms with Crippen LogP contribution in [0.2, 0.25) is 0 Å². The minimum atomic E-state index is -0.593. The molecule has 2 saturated heterocycles. The van der Waals surface area contributed by atoms with Crippen LogP contribution in [-0.2, 0) is 16.1 Å². The minimum absolute atomic E-state index is 0.171. The number of amides is 3. The van der Waals surface area contributed by atoms with Gasteiger partial charge >= 0.3 is 0 Å².